The van der Waals surface area contributed by atoms with Crippen molar-refractivity contribution in [3.63, 3.8) is 0 Å². The minimum absolute atomic E-state index is 0.102. The van der Waals surface area contributed by atoms with Gasteiger partial charge < -0.3 is 16.0 Å². The van der Waals surface area contributed by atoms with Crippen LogP contribution in [0.15, 0.2) is 18.2 Å². The van der Waals surface area contributed by atoms with Crippen molar-refractivity contribution >= 4 is 11.0 Å². The van der Waals surface area contributed by atoms with Crippen LogP contribution >= 0.6 is 0 Å². The highest BCUT2D eigenvalue weighted by Gasteiger charge is 2.37. The molecule has 0 radical (unpaired) electrons. The van der Waals surface area contributed by atoms with Gasteiger partial charge in [0, 0.05) is 12.1 Å². The zero-order valence-electron chi connectivity index (χ0n) is 10.8. The van der Waals surface area contributed by atoms with E-state index in [1.165, 1.54) is 18.4 Å². The molecule has 2 aromatic rings. The van der Waals surface area contributed by atoms with Gasteiger partial charge in [-0.2, -0.15) is 0 Å². The van der Waals surface area contributed by atoms with Gasteiger partial charge in [0.25, 0.3) is 0 Å². The van der Waals surface area contributed by atoms with Crippen molar-refractivity contribution in [1.29, 1.82) is 0 Å². The zero-order chi connectivity index (χ0) is 12.6. The molecular formula is C14H20N4. The molecule has 1 aliphatic rings. The average Bonchev–Trinajstić information content (AvgIpc) is 2.94. The number of nitrogens with two attached hydrogens (primary N) is 1. The number of imidazole rings is 1. The maximum Gasteiger partial charge on any atom is 0.104 e. The third kappa shape index (κ3) is 2.54. The van der Waals surface area contributed by atoms with Gasteiger partial charge in [0.1, 0.15) is 5.82 Å². The molecule has 0 bridgehead atoms. The Morgan fingerprint density at radius 2 is 2.28 bits per heavy atom. The third-order valence-electron chi connectivity index (χ3n) is 3.62. The second-order valence-corrected chi connectivity index (χ2v) is 5.46. The van der Waals surface area contributed by atoms with Crippen molar-refractivity contribution in [2.75, 3.05) is 13.1 Å². The van der Waals surface area contributed by atoms with Gasteiger partial charge in [0.15, 0.2) is 0 Å². The molecule has 0 unspecified atom stereocenters. The highest BCUT2D eigenvalue weighted by molar-refractivity contribution is 5.75. The molecule has 3 rings (SSSR count). The van der Waals surface area contributed by atoms with Gasteiger partial charge in [-0.3, -0.25) is 0 Å². The van der Waals surface area contributed by atoms with E-state index in [1.54, 1.807) is 0 Å². The summed E-state index contributed by atoms with van der Waals surface area (Å²) in [6, 6.07) is 6.42. The van der Waals surface area contributed by atoms with E-state index in [1.807, 2.05) is 6.92 Å². The Labute approximate surface area is 107 Å². The van der Waals surface area contributed by atoms with Crippen molar-refractivity contribution in [2.24, 2.45) is 5.73 Å². The predicted molar refractivity (Wildman–Crippen MR) is 73.6 cm³/mol. The van der Waals surface area contributed by atoms with E-state index in [0.717, 1.165) is 36.4 Å². The molecule has 0 saturated heterocycles. The van der Waals surface area contributed by atoms with E-state index >= 15 is 0 Å². The highest BCUT2D eigenvalue weighted by Crippen LogP contribution is 2.30. The van der Waals surface area contributed by atoms with Gasteiger partial charge in [0.2, 0.25) is 0 Å². The summed E-state index contributed by atoms with van der Waals surface area (Å²) in [5, 5.41) is 3.44. The number of fused-ring (bicyclic) bond motifs is 1. The summed E-state index contributed by atoms with van der Waals surface area (Å²) in [6.07, 6.45) is 3.36. The van der Waals surface area contributed by atoms with Crippen LogP contribution in [0.2, 0.25) is 0 Å². The molecule has 0 spiro atoms. The first-order valence-corrected chi connectivity index (χ1v) is 6.60. The number of hydrogen-bond donors (Lipinski definition) is 3. The number of aromatic nitrogens is 2. The number of nitrogens with zero attached hydrogens (tertiary/aromatic N) is 1. The summed E-state index contributed by atoms with van der Waals surface area (Å²) in [6.45, 7) is 3.91. The lowest BCUT2D eigenvalue weighted by Crippen LogP contribution is -2.36. The topological polar surface area (TPSA) is 66.7 Å². The first kappa shape index (κ1) is 11.7. The van der Waals surface area contributed by atoms with Crippen LogP contribution in [-0.2, 0) is 6.42 Å². The SMILES string of the molecule is Cc1nc2ccc(CCNCC3(N)CC3)cc2[nH]1. The number of rotatable bonds is 5. The Kier molecular flexibility index (Phi) is 2.84. The van der Waals surface area contributed by atoms with Gasteiger partial charge in [0.05, 0.1) is 11.0 Å². The van der Waals surface area contributed by atoms with E-state index < -0.39 is 0 Å². The standard InChI is InChI=1S/C14H20N4/c1-10-17-12-3-2-11(8-13(12)18-10)4-7-16-9-14(15)5-6-14/h2-3,8,16H,4-7,9,15H2,1H3,(H,17,18). The summed E-state index contributed by atoms with van der Waals surface area (Å²) in [5.41, 5.74) is 9.63. The van der Waals surface area contributed by atoms with E-state index in [0.29, 0.717) is 0 Å². The van der Waals surface area contributed by atoms with Crippen molar-refractivity contribution in [2.45, 2.75) is 31.7 Å². The Hall–Kier alpha value is -1.39. The normalized spacial score (nSPS) is 17.2. The molecule has 1 aromatic heterocycles. The maximum absolute atomic E-state index is 6.03. The summed E-state index contributed by atoms with van der Waals surface area (Å²) < 4.78 is 0. The van der Waals surface area contributed by atoms with E-state index in [4.69, 9.17) is 5.73 Å². The Bertz CT molecular complexity index is 554. The molecule has 1 aliphatic carbocycles. The largest absolute Gasteiger partial charge is 0.342 e. The molecule has 4 nitrogen and oxygen atoms in total. The van der Waals surface area contributed by atoms with Crippen LogP contribution in [0.1, 0.15) is 24.2 Å². The first-order chi connectivity index (χ1) is 8.65. The summed E-state index contributed by atoms with van der Waals surface area (Å²) in [7, 11) is 0. The number of aromatic amines is 1. The lowest BCUT2D eigenvalue weighted by Gasteiger charge is -2.09. The smallest absolute Gasteiger partial charge is 0.104 e. The van der Waals surface area contributed by atoms with Crippen LogP contribution < -0.4 is 11.1 Å². The molecule has 96 valence electrons. The monoisotopic (exact) mass is 244 g/mol. The Morgan fingerprint density at radius 1 is 1.44 bits per heavy atom. The number of benzene rings is 1. The Morgan fingerprint density at radius 3 is 3.06 bits per heavy atom. The van der Waals surface area contributed by atoms with Crippen molar-refractivity contribution in [3.8, 4) is 0 Å². The number of hydrogen-bond acceptors (Lipinski definition) is 3. The molecule has 0 amide bonds. The quantitative estimate of drug-likeness (QED) is 0.698. The van der Waals surface area contributed by atoms with Crippen LogP contribution in [0.3, 0.4) is 0 Å². The molecule has 0 atom stereocenters. The van der Waals surface area contributed by atoms with Gasteiger partial charge >= 0.3 is 0 Å². The van der Waals surface area contributed by atoms with E-state index in [9.17, 15) is 0 Å². The van der Waals surface area contributed by atoms with Crippen molar-refractivity contribution < 1.29 is 0 Å². The number of aryl methyl sites for hydroxylation is 1. The Balaban J connectivity index is 1.56. The van der Waals surface area contributed by atoms with Crippen LogP contribution in [0.5, 0.6) is 0 Å². The van der Waals surface area contributed by atoms with E-state index in [2.05, 4.69) is 33.5 Å². The molecule has 1 heterocycles. The fraction of sp³-hybridized carbons (Fsp3) is 0.500. The fourth-order valence-corrected chi connectivity index (χ4v) is 2.25. The van der Waals surface area contributed by atoms with Gasteiger partial charge in [-0.05, 0) is 50.4 Å². The highest BCUT2D eigenvalue weighted by atomic mass is 15.0. The molecule has 1 saturated carbocycles. The predicted octanol–water partition coefficient (Wildman–Crippen LogP) is 1.49. The molecular weight excluding hydrogens is 224 g/mol. The number of nitrogens with one attached hydrogen (secondary N) is 2. The van der Waals surface area contributed by atoms with Crippen LogP contribution in [-0.4, -0.2) is 28.6 Å². The average molecular weight is 244 g/mol. The summed E-state index contributed by atoms with van der Waals surface area (Å²) in [4.78, 5) is 7.68. The van der Waals surface area contributed by atoms with Crippen molar-refractivity contribution in [1.82, 2.24) is 15.3 Å². The second kappa shape index (κ2) is 4.37. The zero-order valence-corrected chi connectivity index (χ0v) is 10.8. The molecule has 1 aromatic carbocycles. The fourth-order valence-electron chi connectivity index (χ4n) is 2.25. The molecule has 4 heteroatoms. The summed E-state index contributed by atoms with van der Waals surface area (Å²) in [5.74, 6) is 0.971. The van der Waals surface area contributed by atoms with Gasteiger partial charge in [-0.1, -0.05) is 6.07 Å². The first-order valence-electron chi connectivity index (χ1n) is 6.60. The minimum atomic E-state index is 0.102. The van der Waals surface area contributed by atoms with Gasteiger partial charge in [-0.25, -0.2) is 4.98 Å². The van der Waals surface area contributed by atoms with Gasteiger partial charge in [-0.15, -0.1) is 0 Å². The third-order valence-corrected chi connectivity index (χ3v) is 3.62. The molecule has 18 heavy (non-hydrogen) atoms. The lowest BCUT2D eigenvalue weighted by molar-refractivity contribution is 0.571. The van der Waals surface area contributed by atoms with Crippen LogP contribution in [0.25, 0.3) is 11.0 Å². The van der Waals surface area contributed by atoms with Crippen LogP contribution in [0, 0.1) is 6.92 Å². The van der Waals surface area contributed by atoms with E-state index in [-0.39, 0.29) is 5.54 Å². The molecule has 0 aliphatic heterocycles. The van der Waals surface area contributed by atoms with Crippen molar-refractivity contribution in [3.05, 3.63) is 29.6 Å². The lowest BCUT2D eigenvalue weighted by atomic mass is 10.1. The number of H-pyrrole nitrogens is 1. The summed E-state index contributed by atoms with van der Waals surface area (Å²) >= 11 is 0. The molecule has 1 fully saturated rings. The van der Waals surface area contributed by atoms with Crippen LogP contribution in [0.4, 0.5) is 0 Å². The maximum atomic E-state index is 6.03. The second-order valence-electron chi connectivity index (χ2n) is 5.46. The molecule has 4 N–H and O–H groups in total. The minimum Gasteiger partial charge on any atom is -0.342 e.